The Morgan fingerprint density at radius 2 is 0.857 bits per heavy atom. The standard InChI is InChI=1S/C52H29B5N6/c53-43-42(44(54)46(56)47(57)45(43)55)49-48(58-41-21-10-11-26-62(41)49)33-22-24-37-38-25-23-35(29-40(38)63(39(37)28-33)36-19-8-3-9-20-36)52-60-50(31-15-6-2-7-16-31)59-51(61-52)34-18-12-17-32(27-34)30-13-4-1-5-14-30/h1-29H. The molecule has 11 rings (SSSR count). The van der Waals surface area contributed by atoms with Gasteiger partial charge in [0.1, 0.15) is 44.9 Å². The summed E-state index contributed by atoms with van der Waals surface area (Å²) in [6.45, 7) is 0. The summed E-state index contributed by atoms with van der Waals surface area (Å²) in [5.74, 6) is 1.73. The first kappa shape index (κ1) is 38.3. The van der Waals surface area contributed by atoms with E-state index < -0.39 is 0 Å². The molecule has 11 aromatic rings. The van der Waals surface area contributed by atoms with Crippen LogP contribution < -0.4 is 27.3 Å². The number of hydrogen-bond acceptors (Lipinski definition) is 4. The highest BCUT2D eigenvalue weighted by molar-refractivity contribution is 6.68. The zero-order valence-electron chi connectivity index (χ0n) is 33.8. The van der Waals surface area contributed by atoms with Gasteiger partial charge in [-0.25, -0.2) is 19.9 Å². The smallest absolute Gasteiger partial charge is 0.164 e. The molecule has 4 aromatic heterocycles. The van der Waals surface area contributed by atoms with E-state index in [1.54, 1.807) is 0 Å². The van der Waals surface area contributed by atoms with Gasteiger partial charge < -0.3 is 4.57 Å². The molecule has 0 aliphatic carbocycles. The quantitative estimate of drug-likeness (QED) is 0.171. The van der Waals surface area contributed by atoms with Crippen LogP contribution in [0.3, 0.4) is 0 Å². The Morgan fingerprint density at radius 3 is 1.51 bits per heavy atom. The van der Waals surface area contributed by atoms with Crippen molar-refractivity contribution in [3.8, 4) is 73.5 Å². The van der Waals surface area contributed by atoms with Gasteiger partial charge in [0.05, 0.1) is 22.4 Å². The predicted octanol–water partition coefficient (Wildman–Crippen LogP) is 6.59. The van der Waals surface area contributed by atoms with Crippen LogP contribution in [0.2, 0.25) is 0 Å². The molecular weight excluding hydrogens is 763 g/mol. The molecule has 0 bridgehead atoms. The number of aromatic nitrogens is 6. The van der Waals surface area contributed by atoms with Crippen molar-refractivity contribution in [1.29, 1.82) is 0 Å². The third kappa shape index (κ3) is 6.51. The highest BCUT2D eigenvalue weighted by atomic mass is 15.0. The molecule has 0 spiro atoms. The average Bonchev–Trinajstić information content (AvgIpc) is 3.89. The van der Waals surface area contributed by atoms with Gasteiger partial charge in [-0.05, 0) is 59.2 Å². The van der Waals surface area contributed by atoms with Gasteiger partial charge in [-0.3, -0.25) is 4.40 Å². The van der Waals surface area contributed by atoms with E-state index in [9.17, 15) is 0 Å². The van der Waals surface area contributed by atoms with Crippen molar-refractivity contribution in [3.63, 3.8) is 0 Å². The third-order valence-electron chi connectivity index (χ3n) is 11.7. The second-order valence-electron chi connectivity index (χ2n) is 15.4. The summed E-state index contributed by atoms with van der Waals surface area (Å²) in [5.41, 5.74) is 12.0. The van der Waals surface area contributed by atoms with Gasteiger partial charge in [0, 0.05) is 44.9 Å². The summed E-state index contributed by atoms with van der Waals surface area (Å²) in [4.78, 5) is 20.4. The van der Waals surface area contributed by atoms with Crippen molar-refractivity contribution in [1.82, 2.24) is 28.9 Å². The molecule has 0 unspecified atom stereocenters. The zero-order valence-corrected chi connectivity index (χ0v) is 33.8. The van der Waals surface area contributed by atoms with E-state index in [4.69, 9.17) is 59.2 Å². The Bertz CT molecular complexity index is 3540. The van der Waals surface area contributed by atoms with E-state index >= 15 is 0 Å². The van der Waals surface area contributed by atoms with E-state index in [0.29, 0.717) is 40.1 Å². The Morgan fingerprint density at radius 1 is 0.365 bits per heavy atom. The lowest BCUT2D eigenvalue weighted by atomic mass is 9.60. The van der Waals surface area contributed by atoms with Crippen LogP contribution in [0.15, 0.2) is 176 Å². The van der Waals surface area contributed by atoms with Gasteiger partial charge >= 0.3 is 0 Å². The minimum atomic E-state index is 0.152. The highest BCUT2D eigenvalue weighted by Crippen LogP contribution is 2.39. The molecule has 4 heterocycles. The van der Waals surface area contributed by atoms with Crippen molar-refractivity contribution in [3.05, 3.63) is 176 Å². The van der Waals surface area contributed by atoms with Gasteiger partial charge in [-0.1, -0.05) is 138 Å². The van der Waals surface area contributed by atoms with Crippen LogP contribution in [0.4, 0.5) is 0 Å². The molecule has 282 valence electrons. The fraction of sp³-hybridized carbons (Fsp3) is 0. The van der Waals surface area contributed by atoms with Gasteiger partial charge in [0.2, 0.25) is 0 Å². The first-order valence-electron chi connectivity index (χ1n) is 20.4. The highest BCUT2D eigenvalue weighted by Gasteiger charge is 2.23. The lowest BCUT2D eigenvalue weighted by Crippen LogP contribution is -2.55. The minimum Gasteiger partial charge on any atom is -0.309 e. The molecule has 0 saturated carbocycles. The molecule has 6 nitrogen and oxygen atoms in total. The number of rotatable bonds is 7. The second-order valence-corrected chi connectivity index (χ2v) is 15.4. The van der Waals surface area contributed by atoms with E-state index in [1.807, 2.05) is 108 Å². The average molecular weight is 792 g/mol. The molecule has 0 aliphatic heterocycles. The Hall–Kier alpha value is -7.64. The molecule has 63 heavy (non-hydrogen) atoms. The van der Waals surface area contributed by atoms with E-state index in [-0.39, 0.29) is 27.3 Å². The van der Waals surface area contributed by atoms with Gasteiger partial charge in [-0.2, -0.15) is 0 Å². The lowest BCUT2D eigenvalue weighted by molar-refractivity contribution is 1.07. The molecular formula is C52H29B5N6. The van der Waals surface area contributed by atoms with Crippen molar-refractivity contribution in [2.45, 2.75) is 0 Å². The largest absolute Gasteiger partial charge is 0.309 e. The number of fused-ring (bicyclic) bond motifs is 4. The van der Waals surface area contributed by atoms with E-state index in [2.05, 4.69) is 77.4 Å². The maximum Gasteiger partial charge on any atom is 0.164 e. The molecule has 0 amide bonds. The third-order valence-corrected chi connectivity index (χ3v) is 11.7. The Labute approximate surface area is 370 Å². The number of nitrogens with zero attached hydrogens (tertiary/aromatic N) is 6. The number of benzene rings is 7. The molecule has 0 saturated heterocycles. The van der Waals surface area contributed by atoms with Crippen molar-refractivity contribution < 1.29 is 0 Å². The lowest BCUT2D eigenvalue weighted by Gasteiger charge is -2.21. The Balaban J connectivity index is 1.12. The van der Waals surface area contributed by atoms with Crippen LogP contribution in [0.1, 0.15) is 0 Å². The molecule has 10 radical (unpaired) electrons. The number of para-hydroxylation sites is 1. The van der Waals surface area contributed by atoms with Gasteiger partial charge in [0.25, 0.3) is 0 Å². The summed E-state index contributed by atoms with van der Waals surface area (Å²) in [6.07, 6.45) is 1.92. The fourth-order valence-electron chi connectivity index (χ4n) is 8.52. The van der Waals surface area contributed by atoms with Gasteiger partial charge in [-0.15, -0.1) is 16.4 Å². The van der Waals surface area contributed by atoms with E-state index in [1.165, 1.54) is 0 Å². The maximum atomic E-state index is 6.70. The summed E-state index contributed by atoms with van der Waals surface area (Å²) in [5, 5.41) is 2.11. The van der Waals surface area contributed by atoms with Crippen LogP contribution in [0.25, 0.3) is 101 Å². The topological polar surface area (TPSA) is 60.9 Å². The summed E-state index contributed by atoms with van der Waals surface area (Å²) >= 11 is 0. The van der Waals surface area contributed by atoms with Crippen LogP contribution >= 0.6 is 0 Å². The summed E-state index contributed by atoms with van der Waals surface area (Å²) in [6, 6.07) is 57.5. The summed E-state index contributed by atoms with van der Waals surface area (Å²) in [7, 11) is 32.5. The first-order valence-corrected chi connectivity index (χ1v) is 20.4. The molecule has 0 atom stereocenters. The van der Waals surface area contributed by atoms with Crippen LogP contribution in [0.5, 0.6) is 0 Å². The molecule has 0 aliphatic rings. The van der Waals surface area contributed by atoms with Crippen molar-refractivity contribution >= 4 is 94.0 Å². The van der Waals surface area contributed by atoms with Gasteiger partial charge in [0.15, 0.2) is 17.5 Å². The SMILES string of the molecule is [B]c1c([B])c([B])c(-c2c(-c3ccc4c5ccc(-c6nc(-c7ccccc7)nc(-c7cccc(-c8ccccc8)c7)n6)cc5n(-c5ccccc5)c4c3)nc3ccccn23)c([B])c1[B]. The minimum absolute atomic E-state index is 0.152. The second kappa shape index (κ2) is 15.4. The molecule has 0 N–H and O–H groups in total. The van der Waals surface area contributed by atoms with Crippen LogP contribution in [0, 0.1) is 0 Å². The zero-order chi connectivity index (χ0) is 42.8. The number of hydrogen-bond donors (Lipinski definition) is 0. The maximum absolute atomic E-state index is 6.70. The molecule has 7 aromatic carbocycles. The number of imidazole rings is 1. The fourth-order valence-corrected chi connectivity index (χ4v) is 8.52. The monoisotopic (exact) mass is 792 g/mol. The van der Waals surface area contributed by atoms with E-state index in [0.717, 1.165) is 60.9 Å². The molecule has 11 heteroatoms. The van der Waals surface area contributed by atoms with Crippen molar-refractivity contribution in [2.24, 2.45) is 0 Å². The number of pyridine rings is 1. The summed E-state index contributed by atoms with van der Waals surface area (Å²) < 4.78 is 4.21. The van der Waals surface area contributed by atoms with Crippen LogP contribution in [-0.2, 0) is 0 Å². The first-order chi connectivity index (χ1) is 30.8. The Kier molecular flexibility index (Phi) is 9.34. The predicted molar refractivity (Wildman–Crippen MR) is 262 cm³/mol. The van der Waals surface area contributed by atoms with Crippen molar-refractivity contribution in [2.75, 3.05) is 0 Å². The normalized spacial score (nSPS) is 11.5. The molecule has 0 fully saturated rings. The van der Waals surface area contributed by atoms with Crippen LogP contribution in [-0.4, -0.2) is 68.1 Å².